The van der Waals surface area contributed by atoms with Gasteiger partial charge >= 0.3 is 0 Å². The monoisotopic (exact) mass is 422 g/mol. The van der Waals surface area contributed by atoms with E-state index in [1.54, 1.807) is 6.20 Å². The predicted octanol–water partition coefficient (Wildman–Crippen LogP) is 3.15. The standard InChI is InChI=1S/C25H34N4O2/c1-17-6-9-20(27-16-17)28-24(31)22-19-8-7-18(25(19)10-11-25)21(22)23(30)26-12-2-3-13-29-14-4-5-15-29/h6-9,16,18-19,21-22H,2-5,10-15H2,1H3,(H,26,30)(H,27,28,31)/t18-,19+,21-,22-/m1/s1. The minimum Gasteiger partial charge on any atom is -0.356 e. The SMILES string of the molecule is Cc1ccc(NC(=O)[C@H]2[C@H](C(=O)NCCCCN3CCCC3)[C@H]3C=C[C@@H]2C32CC2)nc1. The van der Waals surface area contributed by atoms with Crippen LogP contribution in [0, 0.1) is 36.0 Å². The van der Waals surface area contributed by atoms with E-state index >= 15 is 0 Å². The third-order valence-corrected chi connectivity index (χ3v) is 8.01. The van der Waals surface area contributed by atoms with Crippen molar-refractivity contribution in [2.24, 2.45) is 29.1 Å². The number of amides is 2. The van der Waals surface area contributed by atoms with Gasteiger partial charge in [-0.1, -0.05) is 18.2 Å². The van der Waals surface area contributed by atoms with E-state index in [4.69, 9.17) is 0 Å². The first-order chi connectivity index (χ1) is 15.1. The lowest BCUT2D eigenvalue weighted by Gasteiger charge is -2.26. The summed E-state index contributed by atoms with van der Waals surface area (Å²) >= 11 is 0. The van der Waals surface area contributed by atoms with E-state index in [-0.39, 0.29) is 40.9 Å². The summed E-state index contributed by atoms with van der Waals surface area (Å²) in [6, 6.07) is 3.77. The number of carbonyl (C=O) groups excluding carboxylic acids is 2. The molecule has 31 heavy (non-hydrogen) atoms. The Morgan fingerprint density at radius 3 is 2.42 bits per heavy atom. The van der Waals surface area contributed by atoms with Crippen molar-refractivity contribution in [2.75, 3.05) is 31.5 Å². The molecule has 0 aromatic carbocycles. The van der Waals surface area contributed by atoms with Gasteiger partial charge in [0.15, 0.2) is 0 Å². The molecule has 4 aliphatic rings. The highest BCUT2D eigenvalue weighted by atomic mass is 16.2. The van der Waals surface area contributed by atoms with Gasteiger partial charge in [-0.15, -0.1) is 0 Å². The fourth-order valence-electron chi connectivity index (χ4n) is 6.26. The second-order valence-corrected chi connectivity index (χ2v) is 9.98. The van der Waals surface area contributed by atoms with Crippen LogP contribution in [0.4, 0.5) is 5.82 Å². The molecule has 2 bridgehead atoms. The van der Waals surface area contributed by atoms with Gasteiger partial charge < -0.3 is 15.5 Å². The summed E-state index contributed by atoms with van der Waals surface area (Å²) in [6.45, 7) is 6.24. The topological polar surface area (TPSA) is 74.3 Å². The number of allylic oxidation sites excluding steroid dienone is 2. The molecule has 6 nitrogen and oxygen atoms in total. The van der Waals surface area contributed by atoms with Crippen molar-refractivity contribution in [1.82, 2.24) is 15.2 Å². The van der Waals surface area contributed by atoms with Crippen molar-refractivity contribution in [2.45, 2.75) is 45.4 Å². The van der Waals surface area contributed by atoms with Crippen molar-refractivity contribution in [3.05, 3.63) is 36.0 Å². The summed E-state index contributed by atoms with van der Waals surface area (Å²) in [6.07, 6.45) is 13.2. The highest BCUT2D eigenvalue weighted by molar-refractivity contribution is 5.97. The lowest BCUT2D eigenvalue weighted by Crippen LogP contribution is -2.42. The zero-order chi connectivity index (χ0) is 21.4. The Morgan fingerprint density at radius 2 is 1.77 bits per heavy atom. The summed E-state index contributed by atoms with van der Waals surface area (Å²) in [4.78, 5) is 33.3. The molecule has 0 unspecified atom stereocenters. The Hall–Kier alpha value is -2.21. The van der Waals surface area contributed by atoms with Crippen LogP contribution >= 0.6 is 0 Å². The molecule has 2 N–H and O–H groups in total. The number of nitrogens with zero attached hydrogens (tertiary/aromatic N) is 2. The maximum atomic E-state index is 13.3. The summed E-state index contributed by atoms with van der Waals surface area (Å²) in [5, 5.41) is 6.15. The van der Waals surface area contributed by atoms with E-state index < -0.39 is 0 Å². The first-order valence-electron chi connectivity index (χ1n) is 12.0. The number of hydrogen-bond donors (Lipinski definition) is 2. The van der Waals surface area contributed by atoms with Crippen molar-refractivity contribution < 1.29 is 9.59 Å². The third-order valence-electron chi connectivity index (χ3n) is 8.01. The first kappa shape index (κ1) is 20.7. The molecule has 166 valence electrons. The molecular formula is C25H34N4O2. The van der Waals surface area contributed by atoms with Crippen molar-refractivity contribution in [1.29, 1.82) is 0 Å². The van der Waals surface area contributed by atoms with Gasteiger partial charge in [-0.05, 0) is 94.0 Å². The van der Waals surface area contributed by atoms with Crippen molar-refractivity contribution in [3.8, 4) is 0 Å². The van der Waals surface area contributed by atoms with Gasteiger partial charge in [-0.3, -0.25) is 9.59 Å². The van der Waals surface area contributed by atoms with E-state index in [0.29, 0.717) is 12.4 Å². The molecule has 2 heterocycles. The fourth-order valence-corrected chi connectivity index (χ4v) is 6.26. The van der Waals surface area contributed by atoms with E-state index in [1.165, 1.54) is 25.9 Å². The molecule has 6 heteroatoms. The van der Waals surface area contributed by atoms with E-state index in [0.717, 1.165) is 37.8 Å². The lowest BCUT2D eigenvalue weighted by molar-refractivity contribution is -0.132. The van der Waals surface area contributed by atoms with Gasteiger partial charge in [0.2, 0.25) is 11.8 Å². The van der Waals surface area contributed by atoms with Gasteiger partial charge in [-0.25, -0.2) is 4.98 Å². The number of aryl methyl sites for hydroxylation is 1. The molecule has 4 atom stereocenters. The second kappa shape index (κ2) is 8.38. The zero-order valence-corrected chi connectivity index (χ0v) is 18.5. The molecule has 1 aliphatic heterocycles. The molecule has 5 rings (SSSR count). The molecule has 1 spiro atoms. The van der Waals surface area contributed by atoms with Gasteiger partial charge in [0.05, 0.1) is 11.8 Å². The number of aromatic nitrogens is 1. The Labute approximate surface area is 184 Å². The Kier molecular flexibility index (Phi) is 5.59. The smallest absolute Gasteiger partial charge is 0.230 e. The maximum absolute atomic E-state index is 13.3. The molecule has 3 fully saturated rings. The summed E-state index contributed by atoms with van der Waals surface area (Å²) in [5.41, 5.74) is 1.21. The molecule has 1 aromatic rings. The average Bonchev–Trinajstić information content (AvgIpc) is 3.12. The number of rotatable bonds is 8. The van der Waals surface area contributed by atoms with Gasteiger partial charge in [0.25, 0.3) is 0 Å². The van der Waals surface area contributed by atoms with Crippen LogP contribution in [0.1, 0.15) is 44.1 Å². The molecule has 3 aliphatic carbocycles. The summed E-state index contributed by atoms with van der Waals surface area (Å²) in [5.74, 6) is 0.368. The number of unbranched alkanes of at least 4 members (excludes halogenated alkanes) is 1. The van der Waals surface area contributed by atoms with E-state index in [9.17, 15) is 9.59 Å². The van der Waals surface area contributed by atoms with Gasteiger partial charge in [0.1, 0.15) is 5.82 Å². The van der Waals surface area contributed by atoms with Crippen LogP contribution in [0.3, 0.4) is 0 Å². The number of carbonyl (C=O) groups is 2. The van der Waals surface area contributed by atoms with E-state index in [2.05, 4.69) is 32.7 Å². The molecule has 2 amide bonds. The summed E-state index contributed by atoms with van der Waals surface area (Å²) in [7, 11) is 0. The minimum atomic E-state index is -0.301. The van der Waals surface area contributed by atoms with Crippen molar-refractivity contribution >= 4 is 17.6 Å². The molecular weight excluding hydrogens is 388 g/mol. The number of pyridine rings is 1. The maximum Gasteiger partial charge on any atom is 0.230 e. The minimum absolute atomic E-state index is 0.0568. The third kappa shape index (κ3) is 3.91. The van der Waals surface area contributed by atoms with Crippen LogP contribution in [-0.2, 0) is 9.59 Å². The van der Waals surface area contributed by atoms with Crippen molar-refractivity contribution in [3.63, 3.8) is 0 Å². The Bertz CT molecular complexity index is 855. The van der Waals surface area contributed by atoms with Gasteiger partial charge in [-0.2, -0.15) is 0 Å². The Balaban J connectivity index is 1.20. The van der Waals surface area contributed by atoms with E-state index in [1.807, 2.05) is 19.1 Å². The average molecular weight is 423 g/mol. The number of anilines is 1. The number of nitrogens with one attached hydrogen (secondary N) is 2. The highest BCUT2D eigenvalue weighted by Gasteiger charge is 2.69. The largest absolute Gasteiger partial charge is 0.356 e. The highest BCUT2D eigenvalue weighted by Crippen LogP contribution is 2.72. The van der Waals surface area contributed by atoms with Gasteiger partial charge in [0, 0.05) is 12.7 Å². The first-order valence-corrected chi connectivity index (χ1v) is 12.0. The van der Waals surface area contributed by atoms with Crippen LogP contribution in [0.2, 0.25) is 0 Å². The quantitative estimate of drug-likeness (QED) is 0.499. The van der Waals surface area contributed by atoms with Crippen LogP contribution in [0.15, 0.2) is 30.5 Å². The second-order valence-electron chi connectivity index (χ2n) is 9.98. The molecule has 0 radical (unpaired) electrons. The molecule has 1 aromatic heterocycles. The fraction of sp³-hybridized carbons (Fsp3) is 0.640. The normalized spacial score (nSPS) is 30.1. The number of hydrogen-bond acceptors (Lipinski definition) is 4. The molecule has 2 saturated carbocycles. The van der Waals surface area contributed by atoms with Crippen LogP contribution in [0.25, 0.3) is 0 Å². The number of likely N-dealkylation sites (tertiary alicyclic amines) is 1. The zero-order valence-electron chi connectivity index (χ0n) is 18.5. The van der Waals surface area contributed by atoms with Crippen LogP contribution < -0.4 is 10.6 Å². The molecule has 1 saturated heterocycles. The van der Waals surface area contributed by atoms with Crippen LogP contribution in [0.5, 0.6) is 0 Å². The predicted molar refractivity (Wildman–Crippen MR) is 120 cm³/mol. The summed E-state index contributed by atoms with van der Waals surface area (Å²) < 4.78 is 0. The lowest BCUT2D eigenvalue weighted by atomic mass is 9.81. The Morgan fingerprint density at radius 1 is 1.06 bits per heavy atom. The van der Waals surface area contributed by atoms with Crippen LogP contribution in [-0.4, -0.2) is 47.9 Å².